The second kappa shape index (κ2) is 6.39. The minimum absolute atomic E-state index is 0. The molecule has 0 aromatic carbocycles. The van der Waals surface area contributed by atoms with Crippen LogP contribution < -0.4 is 15.5 Å². The number of aromatic nitrogens is 2. The minimum Gasteiger partial charge on any atom is -0.367 e. The highest BCUT2D eigenvalue weighted by Crippen LogP contribution is 2.25. The smallest absolute Gasteiger partial charge is 0.134 e. The van der Waals surface area contributed by atoms with Gasteiger partial charge in [-0.3, -0.25) is 0 Å². The van der Waals surface area contributed by atoms with E-state index in [9.17, 15) is 0 Å². The van der Waals surface area contributed by atoms with Crippen LogP contribution in [0.3, 0.4) is 0 Å². The third-order valence-electron chi connectivity index (χ3n) is 3.81. The fourth-order valence-corrected chi connectivity index (χ4v) is 2.43. The van der Waals surface area contributed by atoms with E-state index in [0.29, 0.717) is 12.1 Å². The first-order chi connectivity index (χ1) is 8.85. The highest BCUT2D eigenvalue weighted by Gasteiger charge is 2.22. The molecule has 0 spiro atoms. The largest absolute Gasteiger partial charge is 0.367 e. The Morgan fingerprint density at radius 1 is 1.11 bits per heavy atom. The van der Waals surface area contributed by atoms with Gasteiger partial charge in [-0.1, -0.05) is 0 Å². The van der Waals surface area contributed by atoms with E-state index in [1.54, 1.807) is 6.33 Å². The maximum absolute atomic E-state index is 4.40. The molecule has 1 aliphatic heterocycles. The molecule has 0 radical (unpaired) electrons. The molecule has 6 heteroatoms. The number of anilines is 2. The van der Waals surface area contributed by atoms with Crippen molar-refractivity contribution in [3.05, 3.63) is 12.4 Å². The summed E-state index contributed by atoms with van der Waals surface area (Å²) >= 11 is 0. The van der Waals surface area contributed by atoms with Gasteiger partial charge in [0, 0.05) is 31.2 Å². The van der Waals surface area contributed by atoms with E-state index in [1.807, 2.05) is 7.05 Å². The average molecular weight is 284 g/mol. The quantitative estimate of drug-likeness (QED) is 0.880. The molecule has 0 unspecified atom stereocenters. The zero-order valence-electron chi connectivity index (χ0n) is 11.3. The Kier molecular flexibility index (Phi) is 4.82. The van der Waals surface area contributed by atoms with Crippen LogP contribution in [0.2, 0.25) is 0 Å². The van der Waals surface area contributed by atoms with Gasteiger partial charge in [-0.25, -0.2) is 9.97 Å². The fourth-order valence-electron chi connectivity index (χ4n) is 2.43. The lowest BCUT2D eigenvalue weighted by molar-refractivity contribution is 0.440. The number of piperidine rings is 1. The molecule has 3 rings (SSSR count). The molecule has 1 saturated carbocycles. The summed E-state index contributed by atoms with van der Waals surface area (Å²) in [6, 6.07) is 3.38. The van der Waals surface area contributed by atoms with Crippen molar-refractivity contribution in [1.29, 1.82) is 0 Å². The van der Waals surface area contributed by atoms with Gasteiger partial charge in [-0.05, 0) is 32.7 Å². The van der Waals surface area contributed by atoms with Gasteiger partial charge < -0.3 is 15.5 Å². The summed E-state index contributed by atoms with van der Waals surface area (Å²) in [5.41, 5.74) is 0. The van der Waals surface area contributed by atoms with Gasteiger partial charge in [-0.15, -0.1) is 12.4 Å². The lowest BCUT2D eigenvalue weighted by Gasteiger charge is -2.32. The summed E-state index contributed by atoms with van der Waals surface area (Å²) in [5.74, 6) is 2.03. The van der Waals surface area contributed by atoms with E-state index >= 15 is 0 Å². The Balaban J connectivity index is 0.00000133. The number of nitrogens with zero attached hydrogens (tertiary/aromatic N) is 3. The van der Waals surface area contributed by atoms with Crippen LogP contribution in [0.4, 0.5) is 11.6 Å². The maximum Gasteiger partial charge on any atom is 0.134 e. The third kappa shape index (κ3) is 3.70. The van der Waals surface area contributed by atoms with Crippen molar-refractivity contribution < 1.29 is 0 Å². The summed E-state index contributed by atoms with van der Waals surface area (Å²) in [4.78, 5) is 11.0. The predicted octanol–water partition coefficient (Wildman–Crippen LogP) is 1.66. The molecule has 2 heterocycles. The molecule has 1 saturated heterocycles. The highest BCUT2D eigenvalue weighted by molar-refractivity contribution is 5.85. The molecule has 2 fully saturated rings. The molecule has 0 amide bonds. The molecular formula is C13H22ClN5. The molecule has 1 aliphatic carbocycles. The lowest BCUT2D eigenvalue weighted by atomic mass is 10.1. The van der Waals surface area contributed by atoms with Crippen molar-refractivity contribution in [2.75, 3.05) is 30.4 Å². The number of hydrogen-bond donors (Lipinski definition) is 2. The molecular weight excluding hydrogens is 262 g/mol. The number of hydrogen-bond acceptors (Lipinski definition) is 5. The maximum atomic E-state index is 4.40. The molecule has 1 aromatic heterocycles. The van der Waals surface area contributed by atoms with E-state index in [0.717, 1.165) is 24.7 Å². The second-order valence-electron chi connectivity index (χ2n) is 5.23. The standard InChI is InChI=1S/C13H21N5.ClH/c1-14-10-4-6-18(7-5-10)13-8-12(15-9-16-13)17-11-2-3-11;/h8-11,14H,2-7H2,1H3,(H,15,16,17);1H. The van der Waals surface area contributed by atoms with Crippen molar-refractivity contribution in [3.8, 4) is 0 Å². The van der Waals surface area contributed by atoms with Crippen molar-refractivity contribution in [3.63, 3.8) is 0 Å². The molecule has 1 aromatic rings. The van der Waals surface area contributed by atoms with E-state index in [2.05, 4.69) is 31.6 Å². The zero-order chi connectivity index (χ0) is 12.4. The molecule has 0 atom stereocenters. The topological polar surface area (TPSA) is 53.1 Å². The SMILES string of the molecule is CNC1CCN(c2cc(NC3CC3)ncn2)CC1.Cl. The van der Waals surface area contributed by atoms with Gasteiger partial charge in [0.05, 0.1) is 0 Å². The van der Waals surface area contributed by atoms with Gasteiger partial charge in [0.15, 0.2) is 0 Å². The highest BCUT2D eigenvalue weighted by atomic mass is 35.5. The molecule has 19 heavy (non-hydrogen) atoms. The molecule has 2 aliphatic rings. The molecule has 2 N–H and O–H groups in total. The summed E-state index contributed by atoms with van der Waals surface area (Å²) < 4.78 is 0. The monoisotopic (exact) mass is 283 g/mol. The third-order valence-corrected chi connectivity index (χ3v) is 3.81. The number of nitrogens with one attached hydrogen (secondary N) is 2. The number of rotatable bonds is 4. The summed E-state index contributed by atoms with van der Waals surface area (Å²) in [5, 5.41) is 6.78. The van der Waals surface area contributed by atoms with E-state index in [-0.39, 0.29) is 12.4 Å². The van der Waals surface area contributed by atoms with Crippen molar-refractivity contribution >= 4 is 24.0 Å². The number of halogens is 1. The summed E-state index contributed by atoms with van der Waals surface area (Å²) in [6.07, 6.45) is 6.59. The first-order valence-corrected chi connectivity index (χ1v) is 6.86. The first kappa shape index (κ1) is 14.3. The molecule has 106 valence electrons. The van der Waals surface area contributed by atoms with Crippen LogP contribution in [-0.4, -0.2) is 42.2 Å². The van der Waals surface area contributed by atoms with Crippen LogP contribution in [0.1, 0.15) is 25.7 Å². The van der Waals surface area contributed by atoms with Gasteiger partial charge in [0.2, 0.25) is 0 Å². The van der Waals surface area contributed by atoms with E-state index < -0.39 is 0 Å². The Bertz CT molecular complexity index is 402. The van der Waals surface area contributed by atoms with Gasteiger partial charge in [0.25, 0.3) is 0 Å². The normalized spacial score (nSPS) is 19.9. The van der Waals surface area contributed by atoms with Gasteiger partial charge >= 0.3 is 0 Å². The van der Waals surface area contributed by atoms with Crippen LogP contribution in [0, 0.1) is 0 Å². The Morgan fingerprint density at radius 3 is 2.47 bits per heavy atom. The van der Waals surface area contributed by atoms with E-state index in [4.69, 9.17) is 0 Å². The van der Waals surface area contributed by atoms with Crippen LogP contribution >= 0.6 is 12.4 Å². The van der Waals surface area contributed by atoms with Crippen molar-refractivity contribution in [2.45, 2.75) is 37.8 Å². The first-order valence-electron chi connectivity index (χ1n) is 6.86. The van der Waals surface area contributed by atoms with Crippen LogP contribution in [0.25, 0.3) is 0 Å². The Labute approximate surface area is 120 Å². The van der Waals surface area contributed by atoms with E-state index in [1.165, 1.54) is 25.7 Å². The molecule has 0 bridgehead atoms. The van der Waals surface area contributed by atoms with Crippen molar-refractivity contribution in [1.82, 2.24) is 15.3 Å². The molecule has 5 nitrogen and oxygen atoms in total. The predicted molar refractivity (Wildman–Crippen MR) is 80.2 cm³/mol. The van der Waals surface area contributed by atoms with Gasteiger partial charge in [-0.2, -0.15) is 0 Å². The Morgan fingerprint density at radius 2 is 1.84 bits per heavy atom. The lowest BCUT2D eigenvalue weighted by Crippen LogP contribution is -2.41. The van der Waals surface area contributed by atoms with Crippen LogP contribution in [0.5, 0.6) is 0 Å². The zero-order valence-corrected chi connectivity index (χ0v) is 12.1. The minimum atomic E-state index is 0. The fraction of sp³-hybridized carbons (Fsp3) is 0.692. The average Bonchev–Trinajstić information content (AvgIpc) is 3.23. The summed E-state index contributed by atoms with van der Waals surface area (Å²) in [7, 11) is 2.04. The van der Waals surface area contributed by atoms with Crippen LogP contribution in [0.15, 0.2) is 12.4 Å². The Hall–Kier alpha value is -1.07. The second-order valence-corrected chi connectivity index (χ2v) is 5.23. The summed E-state index contributed by atoms with van der Waals surface area (Å²) in [6.45, 7) is 2.15. The van der Waals surface area contributed by atoms with Crippen molar-refractivity contribution in [2.24, 2.45) is 0 Å². The van der Waals surface area contributed by atoms with Crippen LogP contribution in [-0.2, 0) is 0 Å². The van der Waals surface area contributed by atoms with Gasteiger partial charge in [0.1, 0.15) is 18.0 Å².